The van der Waals surface area contributed by atoms with Crippen LogP contribution in [0, 0.1) is 0 Å². The molecule has 0 spiro atoms. The van der Waals surface area contributed by atoms with Crippen molar-refractivity contribution in [1.29, 1.82) is 0 Å². The van der Waals surface area contributed by atoms with Crippen LogP contribution >= 0.6 is 0 Å². The molecule has 1 saturated heterocycles. The maximum Gasteiger partial charge on any atom is 0.254 e. The number of amides is 1. The van der Waals surface area contributed by atoms with E-state index in [0.717, 1.165) is 67.4 Å². The number of hydrogen-bond donors (Lipinski definition) is 1. The number of para-hydroxylation sites is 1. The third-order valence-corrected chi connectivity index (χ3v) is 6.82. The summed E-state index contributed by atoms with van der Waals surface area (Å²) in [6.07, 6.45) is 6.28. The molecule has 0 bridgehead atoms. The Bertz CT molecular complexity index is 1080. The number of carbonyl (C=O) groups excluding carboxylic acids is 1. The molecular weight excluding hydrogens is 370 g/mol. The lowest BCUT2D eigenvalue weighted by Crippen LogP contribution is -2.38. The molecule has 2 aromatic carbocycles. The van der Waals surface area contributed by atoms with Crippen LogP contribution in [0.2, 0.25) is 0 Å². The Labute approximate surface area is 178 Å². The molecule has 3 aromatic rings. The maximum absolute atomic E-state index is 13.7. The summed E-state index contributed by atoms with van der Waals surface area (Å²) in [5.74, 6) is 0.699. The molecule has 0 radical (unpaired) electrons. The lowest BCUT2D eigenvalue weighted by atomic mass is 9.87. The van der Waals surface area contributed by atoms with Gasteiger partial charge in [0.1, 0.15) is 0 Å². The summed E-state index contributed by atoms with van der Waals surface area (Å²) in [7, 11) is 0. The summed E-state index contributed by atoms with van der Waals surface area (Å²) < 4.78 is 0. The molecule has 0 atom stereocenters. The van der Waals surface area contributed by atoms with Gasteiger partial charge in [0.15, 0.2) is 0 Å². The lowest BCUT2D eigenvalue weighted by Gasteiger charge is -2.33. The highest BCUT2D eigenvalue weighted by Gasteiger charge is 2.29. The monoisotopic (exact) mass is 399 g/mol. The molecule has 0 unspecified atom stereocenters. The van der Waals surface area contributed by atoms with Crippen LogP contribution in [0.3, 0.4) is 0 Å². The Balaban J connectivity index is 1.41. The Hall–Kier alpha value is -2.72. The van der Waals surface area contributed by atoms with Crippen molar-refractivity contribution in [2.45, 2.75) is 51.0 Å². The fourth-order valence-electron chi connectivity index (χ4n) is 5.16. The number of pyridine rings is 1. The van der Waals surface area contributed by atoms with Crippen molar-refractivity contribution >= 4 is 16.8 Å². The first-order valence-electron chi connectivity index (χ1n) is 11.2. The number of fused-ring (bicyclic) bond motifs is 2. The molecule has 1 aromatic heterocycles. The van der Waals surface area contributed by atoms with Gasteiger partial charge in [0.05, 0.1) is 11.1 Å². The zero-order valence-corrected chi connectivity index (χ0v) is 17.4. The summed E-state index contributed by atoms with van der Waals surface area (Å²) in [6, 6.07) is 16.8. The molecule has 30 heavy (non-hydrogen) atoms. The lowest BCUT2D eigenvalue weighted by molar-refractivity contribution is 0.0713. The van der Waals surface area contributed by atoms with Crippen molar-refractivity contribution in [2.75, 3.05) is 13.1 Å². The van der Waals surface area contributed by atoms with E-state index in [-0.39, 0.29) is 5.91 Å². The molecule has 1 aliphatic heterocycles. The van der Waals surface area contributed by atoms with E-state index in [1.807, 2.05) is 18.2 Å². The van der Waals surface area contributed by atoms with E-state index in [1.54, 1.807) is 0 Å². The number of likely N-dealkylation sites (tertiary alicyclic amines) is 1. The van der Waals surface area contributed by atoms with Crippen molar-refractivity contribution < 1.29 is 4.79 Å². The maximum atomic E-state index is 13.7. The van der Waals surface area contributed by atoms with E-state index >= 15 is 0 Å². The number of aromatic nitrogens is 1. The summed E-state index contributed by atoms with van der Waals surface area (Å²) in [6.45, 7) is 2.19. The minimum Gasteiger partial charge on any atom is -0.339 e. The predicted molar refractivity (Wildman–Crippen MR) is 121 cm³/mol. The van der Waals surface area contributed by atoms with E-state index in [1.165, 1.54) is 23.1 Å². The van der Waals surface area contributed by atoms with E-state index in [0.29, 0.717) is 12.5 Å². The molecule has 5 rings (SSSR count). The third-order valence-electron chi connectivity index (χ3n) is 6.82. The van der Waals surface area contributed by atoms with Crippen LogP contribution in [0.25, 0.3) is 10.9 Å². The SMILES string of the molecule is NCc1cccc(C2CCN(C(=O)c3c4c(nc5ccccc35)CCCC4)CC2)c1. The van der Waals surface area contributed by atoms with Gasteiger partial charge in [0.25, 0.3) is 5.91 Å². The first-order valence-corrected chi connectivity index (χ1v) is 11.2. The molecule has 1 aliphatic carbocycles. The van der Waals surface area contributed by atoms with Gasteiger partial charge in [-0.3, -0.25) is 9.78 Å². The summed E-state index contributed by atoms with van der Waals surface area (Å²) in [5, 5.41) is 1.01. The van der Waals surface area contributed by atoms with Gasteiger partial charge in [-0.05, 0) is 67.2 Å². The van der Waals surface area contributed by atoms with Crippen molar-refractivity contribution in [2.24, 2.45) is 5.73 Å². The molecule has 1 amide bonds. The van der Waals surface area contributed by atoms with Crippen LogP contribution in [0.1, 0.15) is 64.3 Å². The Morgan fingerprint density at radius 1 is 1.03 bits per heavy atom. The van der Waals surface area contributed by atoms with Crippen LogP contribution in [0.15, 0.2) is 48.5 Å². The van der Waals surface area contributed by atoms with Gasteiger partial charge in [-0.25, -0.2) is 0 Å². The average Bonchev–Trinajstić information content (AvgIpc) is 2.82. The van der Waals surface area contributed by atoms with Crippen molar-refractivity contribution in [1.82, 2.24) is 9.88 Å². The van der Waals surface area contributed by atoms with Crippen LogP contribution in [0.4, 0.5) is 0 Å². The minimum absolute atomic E-state index is 0.195. The molecule has 154 valence electrons. The standard InChI is InChI=1S/C26H29N3O/c27-17-18-6-5-7-20(16-18)19-12-14-29(15-13-19)26(30)25-21-8-1-3-10-23(21)28-24-11-4-2-9-22(24)25/h1,3,5-8,10,16,19H,2,4,9,11-15,17,27H2. The quantitative estimate of drug-likeness (QED) is 0.701. The van der Waals surface area contributed by atoms with E-state index in [2.05, 4.69) is 35.2 Å². The van der Waals surface area contributed by atoms with Gasteiger partial charge in [-0.2, -0.15) is 0 Å². The van der Waals surface area contributed by atoms with Crippen LogP contribution in [-0.4, -0.2) is 28.9 Å². The van der Waals surface area contributed by atoms with Gasteiger partial charge in [-0.1, -0.05) is 42.5 Å². The zero-order chi connectivity index (χ0) is 20.5. The topological polar surface area (TPSA) is 59.2 Å². The highest BCUT2D eigenvalue weighted by Crippen LogP contribution is 2.33. The minimum atomic E-state index is 0.195. The van der Waals surface area contributed by atoms with Crippen molar-refractivity contribution in [3.63, 3.8) is 0 Å². The van der Waals surface area contributed by atoms with Gasteiger partial charge in [0, 0.05) is 30.7 Å². The van der Waals surface area contributed by atoms with Crippen molar-refractivity contribution in [3.05, 3.63) is 76.5 Å². The fourth-order valence-corrected chi connectivity index (χ4v) is 5.16. The number of benzene rings is 2. The van der Waals surface area contributed by atoms with Crippen LogP contribution in [-0.2, 0) is 19.4 Å². The third kappa shape index (κ3) is 3.50. The fraction of sp³-hybridized carbons (Fsp3) is 0.385. The second kappa shape index (κ2) is 8.19. The van der Waals surface area contributed by atoms with Crippen LogP contribution in [0.5, 0.6) is 0 Å². The van der Waals surface area contributed by atoms with Gasteiger partial charge in [0.2, 0.25) is 0 Å². The Kier molecular flexibility index (Phi) is 5.26. The highest BCUT2D eigenvalue weighted by molar-refractivity contribution is 6.07. The largest absolute Gasteiger partial charge is 0.339 e. The first-order chi connectivity index (χ1) is 14.7. The van der Waals surface area contributed by atoms with E-state index < -0.39 is 0 Å². The summed E-state index contributed by atoms with van der Waals surface area (Å²) in [5.41, 5.74) is 12.6. The van der Waals surface area contributed by atoms with Gasteiger partial charge >= 0.3 is 0 Å². The number of carbonyl (C=O) groups is 1. The highest BCUT2D eigenvalue weighted by atomic mass is 16.2. The molecule has 2 heterocycles. The van der Waals surface area contributed by atoms with Crippen molar-refractivity contribution in [3.8, 4) is 0 Å². The van der Waals surface area contributed by atoms with E-state index in [4.69, 9.17) is 10.7 Å². The van der Waals surface area contributed by atoms with Gasteiger partial charge in [-0.15, -0.1) is 0 Å². The normalized spacial score (nSPS) is 17.2. The number of nitrogens with zero attached hydrogens (tertiary/aromatic N) is 2. The number of rotatable bonds is 3. The van der Waals surface area contributed by atoms with Crippen LogP contribution < -0.4 is 5.73 Å². The predicted octanol–water partition coefficient (Wildman–Crippen LogP) is 4.59. The Morgan fingerprint density at radius 3 is 2.67 bits per heavy atom. The number of piperidine rings is 1. The second-order valence-electron chi connectivity index (χ2n) is 8.65. The van der Waals surface area contributed by atoms with Gasteiger partial charge < -0.3 is 10.6 Å². The molecule has 1 fully saturated rings. The van der Waals surface area contributed by atoms with E-state index in [9.17, 15) is 4.79 Å². The molecule has 4 heteroatoms. The summed E-state index contributed by atoms with van der Waals surface area (Å²) >= 11 is 0. The smallest absolute Gasteiger partial charge is 0.254 e. The first kappa shape index (κ1) is 19.3. The zero-order valence-electron chi connectivity index (χ0n) is 17.4. The molecule has 2 N–H and O–H groups in total. The molecular formula is C26H29N3O. The number of hydrogen-bond acceptors (Lipinski definition) is 3. The Morgan fingerprint density at radius 2 is 1.83 bits per heavy atom. The molecule has 4 nitrogen and oxygen atoms in total. The average molecular weight is 400 g/mol. The number of aryl methyl sites for hydroxylation is 1. The summed E-state index contributed by atoms with van der Waals surface area (Å²) in [4.78, 5) is 20.7. The molecule has 2 aliphatic rings. The molecule has 0 saturated carbocycles. The second-order valence-corrected chi connectivity index (χ2v) is 8.65. The number of nitrogens with two attached hydrogens (primary N) is 1.